The normalized spacial score (nSPS) is 10.8. The lowest BCUT2D eigenvalue weighted by molar-refractivity contribution is 0.355. The molecule has 2 aromatic heterocycles. The van der Waals surface area contributed by atoms with Crippen molar-refractivity contribution in [2.45, 2.75) is 0 Å². The van der Waals surface area contributed by atoms with Crippen molar-refractivity contribution in [3.8, 4) is 23.3 Å². The zero-order valence-corrected chi connectivity index (χ0v) is 14.9. The van der Waals surface area contributed by atoms with Gasteiger partial charge in [0.15, 0.2) is 11.5 Å². The first-order chi connectivity index (χ1) is 13.6. The van der Waals surface area contributed by atoms with E-state index in [4.69, 9.17) is 14.7 Å². The smallest absolute Gasteiger partial charge is 0.301 e. The Balaban J connectivity index is 2.02. The number of nitrogens with zero attached hydrogens (tertiary/aromatic N) is 5. The van der Waals surface area contributed by atoms with Gasteiger partial charge in [0.2, 0.25) is 5.65 Å². The minimum Gasteiger partial charge on any atom is -0.493 e. The van der Waals surface area contributed by atoms with E-state index in [-0.39, 0.29) is 11.0 Å². The van der Waals surface area contributed by atoms with Gasteiger partial charge < -0.3 is 9.47 Å². The Morgan fingerprint density at radius 1 is 1.00 bits per heavy atom. The molecular weight excluding hydrogens is 362 g/mol. The van der Waals surface area contributed by atoms with Crippen molar-refractivity contribution in [2.24, 2.45) is 0 Å². The summed E-state index contributed by atoms with van der Waals surface area (Å²) < 4.78 is 12.7. The van der Waals surface area contributed by atoms with E-state index in [1.807, 2.05) is 6.07 Å². The van der Waals surface area contributed by atoms with Crippen LogP contribution < -0.4 is 20.6 Å². The summed E-state index contributed by atoms with van der Waals surface area (Å²) in [7, 11) is 2.93. The number of aromatic nitrogens is 4. The highest BCUT2D eigenvalue weighted by Crippen LogP contribution is 2.29. The molecule has 0 aliphatic carbocycles. The molecule has 0 atom stereocenters. The average Bonchev–Trinajstić information content (AvgIpc) is 2.74. The van der Waals surface area contributed by atoms with E-state index >= 15 is 0 Å². The predicted molar refractivity (Wildman–Crippen MR) is 100 cm³/mol. The SMILES string of the molecule is COc1cc2nc3c(=O)n(-c4ccc(C#N)cc4)cnn3c(=O)c2cc1OC. The first kappa shape index (κ1) is 17.2. The molecule has 0 bridgehead atoms. The van der Waals surface area contributed by atoms with Crippen LogP contribution in [-0.2, 0) is 0 Å². The molecule has 0 saturated carbocycles. The minimum absolute atomic E-state index is 0.128. The second-order valence-corrected chi connectivity index (χ2v) is 5.84. The second-order valence-electron chi connectivity index (χ2n) is 5.84. The summed E-state index contributed by atoms with van der Waals surface area (Å²) in [6.45, 7) is 0. The summed E-state index contributed by atoms with van der Waals surface area (Å²) in [6, 6.07) is 11.5. The number of hydrogen-bond donors (Lipinski definition) is 0. The van der Waals surface area contributed by atoms with E-state index in [1.165, 1.54) is 37.2 Å². The molecule has 2 heterocycles. The topological polar surface area (TPSA) is 112 Å². The van der Waals surface area contributed by atoms with Gasteiger partial charge in [0, 0.05) is 6.07 Å². The molecule has 138 valence electrons. The maximum atomic E-state index is 12.9. The summed E-state index contributed by atoms with van der Waals surface area (Å²) in [5.74, 6) is 0.766. The maximum absolute atomic E-state index is 12.9. The van der Waals surface area contributed by atoms with Crippen molar-refractivity contribution in [1.82, 2.24) is 19.2 Å². The monoisotopic (exact) mass is 375 g/mol. The first-order valence-corrected chi connectivity index (χ1v) is 8.14. The van der Waals surface area contributed by atoms with Gasteiger partial charge in [0.25, 0.3) is 5.56 Å². The molecule has 2 aromatic carbocycles. The Hall–Kier alpha value is -4.19. The lowest BCUT2D eigenvalue weighted by atomic mass is 10.2. The van der Waals surface area contributed by atoms with Crippen LogP contribution in [0.1, 0.15) is 5.56 Å². The molecule has 4 aromatic rings. The van der Waals surface area contributed by atoms with Gasteiger partial charge in [0.1, 0.15) is 6.33 Å². The van der Waals surface area contributed by atoms with Crippen molar-refractivity contribution in [1.29, 1.82) is 5.26 Å². The van der Waals surface area contributed by atoms with Crippen molar-refractivity contribution in [3.63, 3.8) is 0 Å². The summed E-state index contributed by atoms with van der Waals surface area (Å²) in [5.41, 5.74) is 0.113. The molecule has 0 saturated heterocycles. The highest BCUT2D eigenvalue weighted by Gasteiger charge is 2.15. The average molecular weight is 375 g/mol. The van der Waals surface area contributed by atoms with E-state index in [0.717, 1.165) is 4.52 Å². The molecular formula is C19H13N5O4. The van der Waals surface area contributed by atoms with E-state index in [9.17, 15) is 9.59 Å². The van der Waals surface area contributed by atoms with Gasteiger partial charge in [-0.05, 0) is 30.3 Å². The highest BCUT2D eigenvalue weighted by molar-refractivity contribution is 5.83. The van der Waals surface area contributed by atoms with Crippen LogP contribution in [0.15, 0.2) is 52.3 Å². The van der Waals surface area contributed by atoms with Crippen molar-refractivity contribution in [2.75, 3.05) is 14.2 Å². The van der Waals surface area contributed by atoms with E-state index in [0.29, 0.717) is 28.3 Å². The molecule has 0 amide bonds. The number of benzene rings is 2. The van der Waals surface area contributed by atoms with Gasteiger partial charge in [-0.1, -0.05) is 0 Å². The third-order valence-corrected chi connectivity index (χ3v) is 4.32. The molecule has 28 heavy (non-hydrogen) atoms. The van der Waals surface area contributed by atoms with Crippen LogP contribution in [0.25, 0.3) is 22.2 Å². The Morgan fingerprint density at radius 3 is 2.32 bits per heavy atom. The first-order valence-electron chi connectivity index (χ1n) is 8.14. The molecule has 0 aliphatic heterocycles. The van der Waals surface area contributed by atoms with Crippen LogP contribution in [0.5, 0.6) is 11.5 Å². The number of fused-ring (bicyclic) bond motifs is 2. The highest BCUT2D eigenvalue weighted by atomic mass is 16.5. The standard InChI is InChI=1S/C19H13N5O4/c1-27-15-7-13-14(8-16(15)28-2)22-17-19(26)23(10-21-24(17)18(13)25)12-5-3-11(9-20)4-6-12/h3-8,10H,1-2H3. The molecule has 0 spiro atoms. The number of rotatable bonds is 3. The summed E-state index contributed by atoms with van der Waals surface area (Å²) in [4.78, 5) is 30.1. The summed E-state index contributed by atoms with van der Waals surface area (Å²) >= 11 is 0. The molecule has 0 fully saturated rings. The van der Waals surface area contributed by atoms with E-state index in [2.05, 4.69) is 10.1 Å². The fourth-order valence-electron chi connectivity index (χ4n) is 2.89. The number of hydrogen-bond acceptors (Lipinski definition) is 7. The Bertz CT molecular complexity index is 1380. The van der Waals surface area contributed by atoms with Crippen LogP contribution >= 0.6 is 0 Å². The predicted octanol–water partition coefficient (Wildman–Crippen LogP) is 1.28. The van der Waals surface area contributed by atoms with Crippen molar-refractivity contribution < 1.29 is 9.47 Å². The van der Waals surface area contributed by atoms with E-state index < -0.39 is 11.1 Å². The molecule has 0 N–H and O–H groups in total. The van der Waals surface area contributed by atoms with E-state index in [1.54, 1.807) is 24.3 Å². The third kappa shape index (κ3) is 2.55. The minimum atomic E-state index is -0.520. The van der Waals surface area contributed by atoms with Crippen LogP contribution in [0, 0.1) is 11.3 Å². The Labute approximate surface area is 157 Å². The lowest BCUT2D eigenvalue weighted by Crippen LogP contribution is -2.29. The molecule has 0 radical (unpaired) electrons. The van der Waals surface area contributed by atoms with Gasteiger partial charge in [-0.15, -0.1) is 0 Å². The van der Waals surface area contributed by atoms with Crippen molar-refractivity contribution >= 4 is 16.6 Å². The molecule has 9 nitrogen and oxygen atoms in total. The van der Waals surface area contributed by atoms with Crippen LogP contribution in [0.2, 0.25) is 0 Å². The molecule has 9 heteroatoms. The van der Waals surface area contributed by atoms with Crippen LogP contribution in [0.4, 0.5) is 0 Å². The third-order valence-electron chi connectivity index (χ3n) is 4.32. The van der Waals surface area contributed by atoms with Gasteiger partial charge in [-0.25, -0.2) is 4.98 Å². The molecule has 0 unspecified atom stereocenters. The largest absolute Gasteiger partial charge is 0.493 e. The summed E-state index contributed by atoms with van der Waals surface area (Å²) in [6.07, 6.45) is 1.24. The Morgan fingerprint density at radius 2 is 1.68 bits per heavy atom. The van der Waals surface area contributed by atoms with Crippen LogP contribution in [0.3, 0.4) is 0 Å². The van der Waals surface area contributed by atoms with Crippen LogP contribution in [-0.4, -0.2) is 33.4 Å². The lowest BCUT2D eigenvalue weighted by Gasteiger charge is -2.10. The quantitative estimate of drug-likeness (QED) is 0.496. The molecule has 0 aliphatic rings. The fraction of sp³-hybridized carbons (Fsp3) is 0.105. The Kier molecular flexibility index (Phi) is 4.01. The van der Waals surface area contributed by atoms with Gasteiger partial charge in [-0.2, -0.15) is 14.9 Å². The van der Waals surface area contributed by atoms with Gasteiger partial charge in [0.05, 0.1) is 42.4 Å². The maximum Gasteiger partial charge on any atom is 0.301 e. The number of methoxy groups -OCH3 is 2. The summed E-state index contributed by atoms with van der Waals surface area (Å²) in [5, 5.41) is 13.2. The zero-order valence-electron chi connectivity index (χ0n) is 14.9. The zero-order chi connectivity index (χ0) is 19.8. The second kappa shape index (κ2) is 6.51. The number of nitriles is 1. The fourth-order valence-corrected chi connectivity index (χ4v) is 2.89. The van der Waals surface area contributed by atoms with Gasteiger partial charge in [-0.3, -0.25) is 14.2 Å². The van der Waals surface area contributed by atoms with Crippen molar-refractivity contribution in [3.05, 3.63) is 69.0 Å². The molecule has 4 rings (SSSR count). The number of ether oxygens (including phenoxy) is 2. The van der Waals surface area contributed by atoms with Gasteiger partial charge >= 0.3 is 5.56 Å².